The third kappa shape index (κ3) is 4.72. The van der Waals surface area contributed by atoms with Gasteiger partial charge in [0, 0.05) is 5.69 Å². The number of carbonyl (C=O) groups excluding carboxylic acids is 1. The lowest BCUT2D eigenvalue weighted by Gasteiger charge is -2.12. The fourth-order valence-corrected chi connectivity index (χ4v) is 2.14. The maximum atomic E-state index is 12.0. The summed E-state index contributed by atoms with van der Waals surface area (Å²) in [5.41, 5.74) is 2.63. The molecule has 2 rings (SSSR count). The molecule has 23 heavy (non-hydrogen) atoms. The van der Waals surface area contributed by atoms with Crippen LogP contribution in [0.2, 0.25) is 0 Å². The molecule has 0 radical (unpaired) electrons. The molecule has 0 bridgehead atoms. The second kappa shape index (κ2) is 8.19. The lowest BCUT2D eigenvalue weighted by molar-refractivity contribution is -0.118. The summed E-state index contributed by atoms with van der Waals surface area (Å²) in [5, 5.41) is 11.9. The van der Waals surface area contributed by atoms with E-state index in [4.69, 9.17) is 14.6 Å². The monoisotopic (exact) mass is 315 g/mol. The Labute approximate surface area is 135 Å². The first-order valence-electron chi connectivity index (χ1n) is 7.45. The molecule has 5 nitrogen and oxygen atoms in total. The highest BCUT2D eigenvalue weighted by molar-refractivity contribution is 5.92. The number of nitrogens with one attached hydrogen (secondary N) is 1. The minimum Gasteiger partial charge on any atom is -0.493 e. The van der Waals surface area contributed by atoms with E-state index in [1.54, 1.807) is 18.2 Å². The van der Waals surface area contributed by atoms with E-state index in [0.29, 0.717) is 11.5 Å². The van der Waals surface area contributed by atoms with Crippen molar-refractivity contribution >= 4 is 11.6 Å². The normalized spacial score (nSPS) is 10.2. The van der Waals surface area contributed by atoms with Gasteiger partial charge in [-0.25, -0.2) is 0 Å². The third-order valence-corrected chi connectivity index (χ3v) is 3.39. The van der Waals surface area contributed by atoms with Crippen LogP contribution in [0.25, 0.3) is 0 Å². The molecule has 2 N–H and O–H groups in total. The van der Waals surface area contributed by atoms with Gasteiger partial charge in [0.05, 0.1) is 13.7 Å². The van der Waals surface area contributed by atoms with E-state index in [9.17, 15) is 4.79 Å². The molecule has 0 unspecified atom stereocenters. The molecule has 0 fully saturated rings. The zero-order chi connectivity index (χ0) is 16.7. The number of rotatable bonds is 7. The van der Waals surface area contributed by atoms with Crippen molar-refractivity contribution in [1.82, 2.24) is 0 Å². The Kier molecular flexibility index (Phi) is 6.00. The van der Waals surface area contributed by atoms with Crippen LogP contribution >= 0.6 is 0 Å². The smallest absolute Gasteiger partial charge is 0.262 e. The summed E-state index contributed by atoms with van der Waals surface area (Å²) in [6.07, 6.45) is 0.911. The highest BCUT2D eigenvalue weighted by Crippen LogP contribution is 2.28. The van der Waals surface area contributed by atoms with Gasteiger partial charge in [-0.15, -0.1) is 0 Å². The van der Waals surface area contributed by atoms with Crippen LogP contribution in [-0.4, -0.2) is 24.7 Å². The van der Waals surface area contributed by atoms with Crippen LogP contribution < -0.4 is 14.8 Å². The summed E-state index contributed by atoms with van der Waals surface area (Å²) in [7, 11) is 1.51. The zero-order valence-electron chi connectivity index (χ0n) is 13.3. The van der Waals surface area contributed by atoms with Crippen LogP contribution in [0.1, 0.15) is 18.1 Å². The van der Waals surface area contributed by atoms with Gasteiger partial charge in [-0.1, -0.05) is 25.1 Å². The predicted octanol–water partition coefficient (Wildman–Crippen LogP) is 2.77. The second-order valence-electron chi connectivity index (χ2n) is 5.03. The molecule has 0 saturated heterocycles. The minimum atomic E-state index is -0.244. The average Bonchev–Trinajstić information content (AvgIpc) is 2.59. The van der Waals surface area contributed by atoms with Crippen molar-refractivity contribution in [3.05, 3.63) is 53.6 Å². The van der Waals surface area contributed by atoms with E-state index in [1.165, 1.54) is 7.11 Å². The molecule has 0 saturated carbocycles. The maximum Gasteiger partial charge on any atom is 0.262 e. The molecule has 0 aliphatic heterocycles. The molecule has 2 aromatic carbocycles. The van der Waals surface area contributed by atoms with Crippen molar-refractivity contribution in [3.8, 4) is 11.5 Å². The second-order valence-corrected chi connectivity index (χ2v) is 5.03. The average molecular weight is 315 g/mol. The molecule has 5 heteroatoms. The van der Waals surface area contributed by atoms with E-state index in [2.05, 4.69) is 12.2 Å². The van der Waals surface area contributed by atoms with E-state index in [0.717, 1.165) is 23.2 Å². The molecular weight excluding hydrogens is 294 g/mol. The highest BCUT2D eigenvalue weighted by atomic mass is 16.5. The first-order valence-corrected chi connectivity index (χ1v) is 7.45. The predicted molar refractivity (Wildman–Crippen MR) is 88.9 cm³/mol. The zero-order valence-corrected chi connectivity index (χ0v) is 13.3. The Balaban J connectivity index is 1.96. The summed E-state index contributed by atoms with van der Waals surface area (Å²) in [6, 6.07) is 12.8. The number of methoxy groups -OCH3 is 1. The van der Waals surface area contributed by atoms with Gasteiger partial charge >= 0.3 is 0 Å². The van der Waals surface area contributed by atoms with Gasteiger partial charge in [0.1, 0.15) is 0 Å². The van der Waals surface area contributed by atoms with E-state index in [-0.39, 0.29) is 19.1 Å². The number of amides is 1. The maximum absolute atomic E-state index is 12.0. The van der Waals surface area contributed by atoms with Crippen molar-refractivity contribution in [3.63, 3.8) is 0 Å². The van der Waals surface area contributed by atoms with Crippen molar-refractivity contribution in [1.29, 1.82) is 0 Å². The standard InChI is InChI=1S/C18H21NO4/c1-3-13-5-4-6-15(9-13)19-18(21)12-23-16-8-7-14(11-20)10-17(16)22-2/h4-10,20H,3,11-12H2,1-2H3,(H,19,21). The van der Waals surface area contributed by atoms with Gasteiger partial charge in [0.25, 0.3) is 5.91 Å². The van der Waals surface area contributed by atoms with Crippen LogP contribution in [0.4, 0.5) is 5.69 Å². The summed E-state index contributed by atoms with van der Waals surface area (Å²) in [4.78, 5) is 12.0. The fraction of sp³-hybridized carbons (Fsp3) is 0.278. The van der Waals surface area contributed by atoms with Crippen LogP contribution in [0.3, 0.4) is 0 Å². The number of aliphatic hydroxyl groups excluding tert-OH is 1. The molecule has 1 amide bonds. The number of hydrogen-bond acceptors (Lipinski definition) is 4. The van der Waals surface area contributed by atoms with Gasteiger partial charge < -0.3 is 19.9 Å². The summed E-state index contributed by atoms with van der Waals surface area (Å²) >= 11 is 0. The quantitative estimate of drug-likeness (QED) is 0.824. The first-order chi connectivity index (χ1) is 11.2. The lowest BCUT2D eigenvalue weighted by Crippen LogP contribution is -2.20. The largest absolute Gasteiger partial charge is 0.493 e. The number of anilines is 1. The molecular formula is C18H21NO4. The molecule has 0 aliphatic carbocycles. The Morgan fingerprint density at radius 1 is 1.13 bits per heavy atom. The van der Waals surface area contributed by atoms with Crippen molar-refractivity contribution in [2.24, 2.45) is 0 Å². The van der Waals surface area contributed by atoms with E-state index < -0.39 is 0 Å². The number of ether oxygens (including phenoxy) is 2. The minimum absolute atomic E-state index is 0.0785. The first kappa shape index (κ1) is 16.8. The van der Waals surface area contributed by atoms with Crippen LogP contribution in [0, 0.1) is 0 Å². The summed E-state index contributed by atoms with van der Waals surface area (Å²) in [6.45, 7) is 1.86. The van der Waals surface area contributed by atoms with Gasteiger partial charge in [0.15, 0.2) is 18.1 Å². The number of aliphatic hydroxyl groups is 1. The number of benzene rings is 2. The van der Waals surface area contributed by atoms with Crippen LogP contribution in [0.5, 0.6) is 11.5 Å². The number of carbonyl (C=O) groups is 1. The Morgan fingerprint density at radius 2 is 1.96 bits per heavy atom. The number of hydrogen-bond donors (Lipinski definition) is 2. The molecule has 2 aromatic rings. The molecule has 122 valence electrons. The lowest BCUT2D eigenvalue weighted by atomic mass is 10.1. The Bertz CT molecular complexity index is 670. The SMILES string of the molecule is CCc1cccc(NC(=O)COc2ccc(CO)cc2OC)c1. The Morgan fingerprint density at radius 3 is 2.65 bits per heavy atom. The molecule has 0 spiro atoms. The van der Waals surface area contributed by atoms with Crippen LogP contribution in [0.15, 0.2) is 42.5 Å². The van der Waals surface area contributed by atoms with E-state index >= 15 is 0 Å². The number of aryl methyl sites for hydroxylation is 1. The van der Waals surface area contributed by atoms with Crippen molar-refractivity contribution < 1.29 is 19.4 Å². The Hall–Kier alpha value is -2.53. The molecule has 0 aromatic heterocycles. The van der Waals surface area contributed by atoms with Gasteiger partial charge in [0.2, 0.25) is 0 Å². The molecule has 0 atom stereocenters. The van der Waals surface area contributed by atoms with Gasteiger partial charge in [-0.05, 0) is 41.8 Å². The van der Waals surface area contributed by atoms with Gasteiger partial charge in [-0.3, -0.25) is 4.79 Å². The molecule has 0 heterocycles. The molecule has 0 aliphatic rings. The fourth-order valence-electron chi connectivity index (χ4n) is 2.14. The van der Waals surface area contributed by atoms with Crippen molar-refractivity contribution in [2.45, 2.75) is 20.0 Å². The third-order valence-electron chi connectivity index (χ3n) is 3.39. The van der Waals surface area contributed by atoms with Gasteiger partial charge in [-0.2, -0.15) is 0 Å². The van der Waals surface area contributed by atoms with Crippen LogP contribution in [-0.2, 0) is 17.8 Å². The van der Waals surface area contributed by atoms with E-state index in [1.807, 2.05) is 24.3 Å². The summed E-state index contributed by atoms with van der Waals surface area (Å²) < 4.78 is 10.7. The topological polar surface area (TPSA) is 67.8 Å². The van der Waals surface area contributed by atoms with Crippen molar-refractivity contribution in [2.75, 3.05) is 19.0 Å². The summed E-state index contributed by atoms with van der Waals surface area (Å²) in [5.74, 6) is 0.700. The highest BCUT2D eigenvalue weighted by Gasteiger charge is 2.09.